The van der Waals surface area contributed by atoms with Gasteiger partial charge in [-0.05, 0) is 42.2 Å². The van der Waals surface area contributed by atoms with Gasteiger partial charge >= 0.3 is 6.09 Å². The van der Waals surface area contributed by atoms with E-state index >= 15 is 0 Å². The van der Waals surface area contributed by atoms with Crippen molar-refractivity contribution >= 4 is 27.5 Å². The first-order valence-corrected chi connectivity index (χ1v) is 9.87. The van der Waals surface area contributed by atoms with Crippen molar-refractivity contribution in [3.63, 3.8) is 0 Å². The van der Waals surface area contributed by atoms with Gasteiger partial charge in [0, 0.05) is 12.2 Å². The monoisotopic (exact) mass is 360 g/mol. The number of nitrogens with one attached hydrogen (secondary N) is 1. The average Bonchev–Trinajstić information content (AvgIpc) is 2.59. The molecule has 1 N–H and O–H groups in total. The molecule has 0 saturated heterocycles. The lowest BCUT2D eigenvalue weighted by Crippen LogP contribution is -2.34. The lowest BCUT2D eigenvalue weighted by atomic mass is 10.0. The Kier molecular flexibility index (Phi) is 4.94. The fourth-order valence-electron chi connectivity index (χ4n) is 2.86. The number of amides is 1. The van der Waals surface area contributed by atoms with Gasteiger partial charge in [0.05, 0.1) is 11.9 Å². The molecule has 132 valence electrons. The van der Waals surface area contributed by atoms with E-state index in [2.05, 4.69) is 5.32 Å². The normalized spacial score (nSPS) is 13.9. The Hall–Kier alpha value is -2.54. The Morgan fingerprint density at radius 1 is 1.20 bits per heavy atom. The summed E-state index contributed by atoms with van der Waals surface area (Å²) in [6.45, 7) is 0.678. The molecule has 0 radical (unpaired) electrons. The molecule has 1 heterocycles. The fourth-order valence-corrected chi connectivity index (χ4v) is 3.86. The van der Waals surface area contributed by atoms with Crippen LogP contribution >= 0.6 is 0 Å². The Bertz CT molecular complexity index is 866. The van der Waals surface area contributed by atoms with Crippen LogP contribution in [0.3, 0.4) is 0 Å². The summed E-state index contributed by atoms with van der Waals surface area (Å²) in [5.74, 6) is 0. The molecule has 1 aliphatic rings. The molecule has 0 atom stereocenters. The lowest BCUT2D eigenvalue weighted by molar-refractivity contribution is 0.155. The molecule has 0 aliphatic carbocycles. The number of fused-ring (bicyclic) bond motifs is 1. The summed E-state index contributed by atoms with van der Waals surface area (Å²) in [5.41, 5.74) is 3.08. The molecular formula is C18H20N2O4S. The van der Waals surface area contributed by atoms with Crippen LogP contribution in [0.5, 0.6) is 0 Å². The topological polar surface area (TPSA) is 75.7 Å². The number of rotatable bonds is 4. The Balaban J connectivity index is 1.67. The van der Waals surface area contributed by atoms with Crippen molar-refractivity contribution in [2.75, 3.05) is 22.4 Å². The number of benzene rings is 2. The number of ether oxygens (including phenoxy) is 1. The third kappa shape index (κ3) is 4.30. The van der Waals surface area contributed by atoms with Gasteiger partial charge in [-0.1, -0.05) is 30.3 Å². The summed E-state index contributed by atoms with van der Waals surface area (Å²) in [4.78, 5) is 11.9. The summed E-state index contributed by atoms with van der Waals surface area (Å²) >= 11 is 0. The van der Waals surface area contributed by atoms with E-state index in [1.807, 2.05) is 30.3 Å². The van der Waals surface area contributed by atoms with Crippen molar-refractivity contribution < 1.29 is 17.9 Å². The van der Waals surface area contributed by atoms with E-state index in [9.17, 15) is 13.2 Å². The smallest absolute Gasteiger partial charge is 0.411 e. The van der Waals surface area contributed by atoms with Crippen LogP contribution in [0.1, 0.15) is 17.5 Å². The van der Waals surface area contributed by atoms with Gasteiger partial charge in [0.1, 0.15) is 6.61 Å². The van der Waals surface area contributed by atoms with Crippen molar-refractivity contribution in [1.29, 1.82) is 0 Å². The van der Waals surface area contributed by atoms with E-state index in [1.54, 1.807) is 18.2 Å². The molecule has 6 nitrogen and oxygen atoms in total. The van der Waals surface area contributed by atoms with Crippen LogP contribution in [0.2, 0.25) is 0 Å². The van der Waals surface area contributed by atoms with Crippen molar-refractivity contribution in [3.8, 4) is 0 Å². The minimum Gasteiger partial charge on any atom is -0.444 e. The Morgan fingerprint density at radius 2 is 1.96 bits per heavy atom. The molecule has 7 heteroatoms. The molecule has 0 spiro atoms. The summed E-state index contributed by atoms with van der Waals surface area (Å²) in [7, 11) is -3.29. The van der Waals surface area contributed by atoms with Gasteiger partial charge in [-0.25, -0.2) is 13.2 Å². The summed E-state index contributed by atoms with van der Waals surface area (Å²) in [6, 6.07) is 14.6. The highest BCUT2D eigenvalue weighted by Crippen LogP contribution is 2.31. The van der Waals surface area contributed by atoms with Crippen molar-refractivity contribution in [2.24, 2.45) is 0 Å². The number of hydrogen-bond donors (Lipinski definition) is 1. The van der Waals surface area contributed by atoms with E-state index < -0.39 is 16.1 Å². The highest BCUT2D eigenvalue weighted by Gasteiger charge is 2.24. The summed E-state index contributed by atoms with van der Waals surface area (Å²) < 4.78 is 30.3. The number of hydrogen-bond acceptors (Lipinski definition) is 4. The highest BCUT2D eigenvalue weighted by molar-refractivity contribution is 7.92. The van der Waals surface area contributed by atoms with Gasteiger partial charge in [-0.15, -0.1) is 0 Å². The van der Waals surface area contributed by atoms with E-state index in [4.69, 9.17) is 4.74 Å². The maximum Gasteiger partial charge on any atom is 0.411 e. The molecule has 1 amide bonds. The largest absolute Gasteiger partial charge is 0.444 e. The van der Waals surface area contributed by atoms with Crippen LogP contribution in [0.25, 0.3) is 0 Å². The number of carbonyl (C=O) groups is 1. The molecule has 0 unspecified atom stereocenters. The zero-order valence-electron chi connectivity index (χ0n) is 13.9. The van der Waals surface area contributed by atoms with Crippen molar-refractivity contribution in [2.45, 2.75) is 19.4 Å². The minimum atomic E-state index is -3.29. The Morgan fingerprint density at radius 3 is 2.68 bits per heavy atom. The zero-order valence-corrected chi connectivity index (χ0v) is 14.8. The second-order valence-corrected chi connectivity index (χ2v) is 7.88. The second kappa shape index (κ2) is 7.14. The lowest BCUT2D eigenvalue weighted by Gasteiger charge is -2.29. The molecule has 0 bridgehead atoms. The third-order valence-electron chi connectivity index (χ3n) is 4.01. The molecule has 1 aliphatic heterocycles. The predicted octanol–water partition coefficient (Wildman–Crippen LogP) is 3.15. The number of carbonyl (C=O) groups excluding carboxylic acids is 1. The standard InChI is InChI=1S/C18H20N2O4S/c1-25(22,23)20-11-5-8-15-12-16(9-10-17(15)20)19-18(21)24-13-14-6-3-2-4-7-14/h2-4,6-7,9-10,12H,5,8,11,13H2,1H3,(H,19,21). The number of sulfonamides is 1. The third-order valence-corrected chi connectivity index (χ3v) is 5.19. The van der Waals surface area contributed by atoms with E-state index in [0.717, 1.165) is 24.0 Å². The van der Waals surface area contributed by atoms with Crippen LogP contribution in [0.4, 0.5) is 16.2 Å². The molecule has 25 heavy (non-hydrogen) atoms. The maximum absolute atomic E-state index is 11.9. The van der Waals surface area contributed by atoms with Crippen LogP contribution in [-0.2, 0) is 27.8 Å². The van der Waals surface area contributed by atoms with Gasteiger partial charge in [0.15, 0.2) is 0 Å². The molecule has 0 fully saturated rings. The van der Waals surface area contributed by atoms with Gasteiger partial charge in [0.2, 0.25) is 10.0 Å². The van der Waals surface area contributed by atoms with E-state index in [1.165, 1.54) is 10.6 Å². The van der Waals surface area contributed by atoms with Crippen LogP contribution < -0.4 is 9.62 Å². The van der Waals surface area contributed by atoms with E-state index in [0.29, 0.717) is 17.9 Å². The number of anilines is 2. The summed E-state index contributed by atoms with van der Waals surface area (Å²) in [6.07, 6.45) is 2.19. The van der Waals surface area contributed by atoms with Gasteiger partial charge in [-0.2, -0.15) is 0 Å². The summed E-state index contributed by atoms with van der Waals surface area (Å²) in [5, 5.41) is 2.69. The number of nitrogens with zero attached hydrogens (tertiary/aromatic N) is 1. The van der Waals surface area contributed by atoms with Crippen molar-refractivity contribution in [3.05, 3.63) is 59.7 Å². The molecule has 3 rings (SSSR count). The number of aryl methyl sites for hydroxylation is 1. The van der Waals surface area contributed by atoms with Gasteiger partial charge in [-0.3, -0.25) is 9.62 Å². The van der Waals surface area contributed by atoms with E-state index in [-0.39, 0.29) is 6.61 Å². The van der Waals surface area contributed by atoms with Crippen LogP contribution in [-0.4, -0.2) is 27.3 Å². The van der Waals surface area contributed by atoms with Crippen molar-refractivity contribution in [1.82, 2.24) is 0 Å². The van der Waals surface area contributed by atoms with Gasteiger partial charge in [0.25, 0.3) is 0 Å². The molecule has 2 aromatic carbocycles. The molecule has 2 aromatic rings. The predicted molar refractivity (Wildman–Crippen MR) is 97.2 cm³/mol. The quantitative estimate of drug-likeness (QED) is 0.909. The highest BCUT2D eigenvalue weighted by atomic mass is 32.2. The molecular weight excluding hydrogens is 340 g/mol. The maximum atomic E-state index is 11.9. The first kappa shape index (κ1) is 17.3. The van der Waals surface area contributed by atoms with Crippen LogP contribution in [0, 0.1) is 0 Å². The van der Waals surface area contributed by atoms with Gasteiger partial charge < -0.3 is 4.74 Å². The fraction of sp³-hybridized carbons (Fsp3) is 0.278. The first-order valence-electron chi connectivity index (χ1n) is 8.02. The minimum absolute atomic E-state index is 0.194. The second-order valence-electron chi connectivity index (χ2n) is 5.97. The zero-order chi connectivity index (χ0) is 17.9. The average molecular weight is 360 g/mol. The SMILES string of the molecule is CS(=O)(=O)N1CCCc2cc(NC(=O)OCc3ccccc3)ccc21. The molecule has 0 aromatic heterocycles. The molecule has 0 saturated carbocycles. The van der Waals surface area contributed by atoms with Crippen LogP contribution in [0.15, 0.2) is 48.5 Å². The first-order chi connectivity index (χ1) is 11.9. The Labute approximate surface area is 147 Å².